The Hall–Kier alpha value is -4.22. The minimum Gasteiger partial charge on any atom is -0.377 e. The number of anilines is 2. The predicted molar refractivity (Wildman–Crippen MR) is 198 cm³/mol. The van der Waals surface area contributed by atoms with Crippen LogP contribution < -0.4 is 41.6 Å². The summed E-state index contributed by atoms with van der Waals surface area (Å²) >= 11 is 0. The van der Waals surface area contributed by atoms with Crippen LogP contribution in [0.2, 0.25) is 0 Å². The number of hydrogen-bond donors (Lipinski definition) is 0. The van der Waals surface area contributed by atoms with Crippen LogP contribution >= 0.6 is 15.8 Å². The summed E-state index contributed by atoms with van der Waals surface area (Å²) in [6.45, 7) is 0. The molecule has 4 heteroatoms. The molecular formula is C40H38N2P2. The van der Waals surface area contributed by atoms with Gasteiger partial charge in [-0.05, 0) is 59.8 Å². The van der Waals surface area contributed by atoms with Crippen molar-refractivity contribution in [3.8, 4) is 11.1 Å². The fourth-order valence-corrected chi connectivity index (χ4v) is 10.8. The zero-order chi connectivity index (χ0) is 30.5. The third kappa shape index (κ3) is 6.07. The van der Waals surface area contributed by atoms with E-state index in [-0.39, 0.29) is 0 Å². The number of hydrogen-bond acceptors (Lipinski definition) is 2. The van der Waals surface area contributed by atoms with E-state index in [1.807, 2.05) is 0 Å². The van der Waals surface area contributed by atoms with Gasteiger partial charge in [-0.15, -0.1) is 0 Å². The largest absolute Gasteiger partial charge is 0.377 e. The van der Waals surface area contributed by atoms with Gasteiger partial charge in [0.15, 0.2) is 0 Å². The summed E-state index contributed by atoms with van der Waals surface area (Å²) < 4.78 is 0. The monoisotopic (exact) mass is 608 g/mol. The average Bonchev–Trinajstić information content (AvgIpc) is 3.07. The van der Waals surface area contributed by atoms with Crippen LogP contribution in [0.25, 0.3) is 11.1 Å². The first-order valence-electron chi connectivity index (χ1n) is 15.0. The van der Waals surface area contributed by atoms with Crippen molar-refractivity contribution in [2.45, 2.75) is 0 Å². The normalized spacial score (nSPS) is 11.1. The van der Waals surface area contributed by atoms with Crippen molar-refractivity contribution in [1.29, 1.82) is 0 Å². The summed E-state index contributed by atoms with van der Waals surface area (Å²) in [4.78, 5) is 4.57. The summed E-state index contributed by atoms with van der Waals surface area (Å²) in [6.07, 6.45) is 0. The molecule has 6 aromatic carbocycles. The van der Waals surface area contributed by atoms with E-state index in [4.69, 9.17) is 0 Å². The molecule has 218 valence electrons. The standard InChI is InChI=1S/C40H38N2P2/c1-41(2)35-27-17-29-37(43(31-19-9-5-10-20-31)32-21-11-6-12-22-32)39(35)40-36(42(3)4)28-18-30-38(40)44(33-23-13-7-14-24-33)34-25-15-8-16-26-34/h5-30H,1-4H3. The quantitative estimate of drug-likeness (QED) is 0.163. The number of rotatable bonds is 9. The Labute approximate surface area is 265 Å². The second-order valence-corrected chi connectivity index (χ2v) is 15.5. The molecule has 6 aromatic rings. The molecule has 0 bridgehead atoms. The second kappa shape index (κ2) is 13.6. The van der Waals surface area contributed by atoms with Gasteiger partial charge in [-0.2, -0.15) is 0 Å². The number of benzene rings is 6. The Balaban J connectivity index is 1.73. The first-order chi connectivity index (χ1) is 21.5. The molecule has 0 aliphatic rings. The molecule has 0 spiro atoms. The molecule has 44 heavy (non-hydrogen) atoms. The van der Waals surface area contributed by atoms with E-state index >= 15 is 0 Å². The van der Waals surface area contributed by atoms with Gasteiger partial charge < -0.3 is 9.80 Å². The molecule has 0 atom stereocenters. The lowest BCUT2D eigenvalue weighted by atomic mass is 10.00. The van der Waals surface area contributed by atoms with Crippen LogP contribution in [0.1, 0.15) is 0 Å². The first kappa shape index (κ1) is 29.8. The Kier molecular flexibility index (Phi) is 9.23. The molecule has 0 heterocycles. The molecule has 0 N–H and O–H groups in total. The minimum absolute atomic E-state index is 0.841. The van der Waals surface area contributed by atoms with Crippen molar-refractivity contribution in [3.63, 3.8) is 0 Å². The van der Waals surface area contributed by atoms with E-state index in [9.17, 15) is 0 Å². The van der Waals surface area contributed by atoms with E-state index in [1.54, 1.807) is 0 Å². The summed E-state index contributed by atoms with van der Waals surface area (Å²) in [6, 6.07) is 58.0. The third-order valence-corrected chi connectivity index (χ3v) is 12.8. The molecule has 0 saturated carbocycles. The predicted octanol–water partition coefficient (Wildman–Crippen LogP) is 7.00. The maximum absolute atomic E-state index is 2.37. The van der Waals surface area contributed by atoms with E-state index in [1.165, 1.54) is 54.3 Å². The first-order valence-corrected chi connectivity index (χ1v) is 17.6. The topological polar surface area (TPSA) is 6.48 Å². The van der Waals surface area contributed by atoms with Gasteiger partial charge in [-0.3, -0.25) is 0 Å². The van der Waals surface area contributed by atoms with Crippen molar-refractivity contribution in [2.75, 3.05) is 38.0 Å². The maximum Gasteiger partial charge on any atom is 0.0448 e. The summed E-state index contributed by atoms with van der Waals surface area (Å²) in [5.74, 6) is 0. The fraction of sp³-hybridized carbons (Fsp3) is 0.100. The molecule has 6 rings (SSSR count). The van der Waals surface area contributed by atoms with E-state index < -0.39 is 15.8 Å². The van der Waals surface area contributed by atoms with Gasteiger partial charge in [0.1, 0.15) is 0 Å². The van der Waals surface area contributed by atoms with E-state index in [2.05, 4.69) is 196 Å². The molecule has 0 saturated heterocycles. The molecule has 0 aliphatic heterocycles. The molecule has 0 aliphatic carbocycles. The van der Waals surface area contributed by atoms with Gasteiger partial charge in [0.25, 0.3) is 0 Å². The Morgan fingerprint density at radius 3 is 0.841 bits per heavy atom. The van der Waals surface area contributed by atoms with Crippen molar-refractivity contribution in [2.24, 2.45) is 0 Å². The van der Waals surface area contributed by atoms with Crippen LogP contribution in [-0.2, 0) is 0 Å². The van der Waals surface area contributed by atoms with Gasteiger partial charge in [-0.25, -0.2) is 0 Å². The van der Waals surface area contributed by atoms with Crippen LogP contribution in [-0.4, -0.2) is 28.2 Å². The maximum atomic E-state index is 2.37. The minimum atomic E-state index is -0.841. The summed E-state index contributed by atoms with van der Waals surface area (Å²) in [5, 5.41) is 8.14. The van der Waals surface area contributed by atoms with Crippen LogP contribution in [0.15, 0.2) is 158 Å². The smallest absolute Gasteiger partial charge is 0.0448 e. The van der Waals surface area contributed by atoms with Crippen LogP contribution in [0.4, 0.5) is 11.4 Å². The third-order valence-electron chi connectivity index (χ3n) is 7.79. The molecule has 0 fully saturated rings. The highest BCUT2D eigenvalue weighted by molar-refractivity contribution is 7.80. The van der Waals surface area contributed by atoms with E-state index in [0.717, 1.165) is 0 Å². The van der Waals surface area contributed by atoms with Crippen molar-refractivity contribution < 1.29 is 0 Å². The Morgan fingerprint density at radius 2 is 0.591 bits per heavy atom. The van der Waals surface area contributed by atoms with Crippen LogP contribution in [0.5, 0.6) is 0 Å². The van der Waals surface area contributed by atoms with E-state index in [0.29, 0.717) is 0 Å². The fourth-order valence-electron chi connectivity index (χ4n) is 5.85. The van der Waals surface area contributed by atoms with Gasteiger partial charge >= 0.3 is 0 Å². The molecular weight excluding hydrogens is 570 g/mol. The number of nitrogens with zero attached hydrogens (tertiary/aromatic N) is 2. The zero-order valence-corrected chi connectivity index (χ0v) is 27.6. The lowest BCUT2D eigenvalue weighted by Gasteiger charge is -2.32. The summed E-state index contributed by atoms with van der Waals surface area (Å²) in [7, 11) is 7.00. The van der Waals surface area contributed by atoms with Crippen LogP contribution in [0, 0.1) is 0 Å². The Morgan fingerprint density at radius 1 is 0.318 bits per heavy atom. The van der Waals surface area contributed by atoms with Gasteiger partial charge in [0, 0.05) is 50.7 Å². The lowest BCUT2D eigenvalue weighted by Crippen LogP contribution is -2.28. The van der Waals surface area contributed by atoms with Gasteiger partial charge in [0.2, 0.25) is 0 Å². The molecule has 0 aromatic heterocycles. The van der Waals surface area contributed by atoms with Crippen molar-refractivity contribution >= 4 is 59.0 Å². The zero-order valence-electron chi connectivity index (χ0n) is 25.8. The lowest BCUT2D eigenvalue weighted by molar-refractivity contribution is 1.12. The van der Waals surface area contributed by atoms with Gasteiger partial charge in [0.05, 0.1) is 0 Å². The molecule has 2 nitrogen and oxygen atoms in total. The molecule has 0 unspecified atom stereocenters. The highest BCUT2D eigenvalue weighted by Gasteiger charge is 2.29. The highest BCUT2D eigenvalue weighted by Crippen LogP contribution is 2.46. The van der Waals surface area contributed by atoms with Crippen molar-refractivity contribution in [1.82, 2.24) is 0 Å². The van der Waals surface area contributed by atoms with Gasteiger partial charge in [-0.1, -0.05) is 146 Å². The highest BCUT2D eigenvalue weighted by atomic mass is 31.1. The Bertz CT molecular complexity index is 1590. The second-order valence-electron chi connectivity index (χ2n) is 11.1. The average molecular weight is 609 g/mol. The van der Waals surface area contributed by atoms with Crippen LogP contribution in [0.3, 0.4) is 0 Å². The molecule has 0 amide bonds. The molecule has 0 radical (unpaired) electrons. The summed E-state index contributed by atoms with van der Waals surface area (Å²) in [5.41, 5.74) is 5.09. The SMILES string of the molecule is CN(C)c1cccc(P(c2ccccc2)c2ccccc2)c1-c1c(N(C)C)cccc1P(c1ccccc1)c1ccccc1. The van der Waals surface area contributed by atoms with Crippen molar-refractivity contribution in [3.05, 3.63) is 158 Å².